The number of hydrogen-bond donors (Lipinski definition) is 2. The summed E-state index contributed by atoms with van der Waals surface area (Å²) in [7, 11) is 0. The molecular weight excluding hydrogens is 494 g/mol. The number of fused-ring (bicyclic) bond motifs is 1. The fourth-order valence-electron chi connectivity index (χ4n) is 5.29. The minimum absolute atomic E-state index is 0.136. The summed E-state index contributed by atoms with van der Waals surface area (Å²) in [5.41, 5.74) is 2.78. The molecule has 2 aromatic rings. The Morgan fingerprint density at radius 3 is 2.62 bits per heavy atom. The second-order valence-electron chi connectivity index (χ2n) is 10.2. The maximum Gasteiger partial charge on any atom is 0.200 e. The Bertz CT molecular complexity index is 1370. The van der Waals surface area contributed by atoms with Crippen LogP contribution in [0.1, 0.15) is 59.3 Å². The molecule has 1 aromatic heterocycles. The number of Topliss-reactive ketones (excluding diaryl/α,β-unsaturated/α-hetero) is 1. The lowest BCUT2D eigenvalue weighted by Crippen LogP contribution is -2.36. The van der Waals surface area contributed by atoms with E-state index >= 15 is 0 Å². The summed E-state index contributed by atoms with van der Waals surface area (Å²) in [4.78, 5) is 32.1. The van der Waals surface area contributed by atoms with Gasteiger partial charge in [-0.2, -0.15) is 0 Å². The number of carbonyl (C=O) groups is 1. The van der Waals surface area contributed by atoms with E-state index in [2.05, 4.69) is 16.9 Å². The Morgan fingerprint density at radius 2 is 1.95 bits per heavy atom. The third kappa shape index (κ3) is 7.06. The first kappa shape index (κ1) is 28.4. The minimum atomic E-state index is -0.251. The van der Waals surface area contributed by atoms with Gasteiger partial charge in [0.15, 0.2) is 28.4 Å². The molecule has 1 aliphatic carbocycles. The smallest absolute Gasteiger partial charge is 0.200 e. The lowest BCUT2D eigenvalue weighted by molar-refractivity contribution is -0.115. The van der Waals surface area contributed by atoms with E-state index < -0.39 is 0 Å². The van der Waals surface area contributed by atoms with Gasteiger partial charge in [-0.25, -0.2) is 4.99 Å². The lowest BCUT2D eigenvalue weighted by Gasteiger charge is -2.27. The standard InChI is InChI=1S/C31H39N3O5/c1-5-23(16-24(27(35)6-2)15-22-9-7-8-10-22)20(3)32-21(4)33-25-17-26-28(36)19-30(34-11-13-38-14-12-34)39-31(26)29(37)18-25/h5,16-19,22,33,37H,4,6-15H2,1-3H3/b23-5-,24-16+,32-20-. The van der Waals surface area contributed by atoms with Gasteiger partial charge in [-0.3, -0.25) is 9.59 Å². The second-order valence-corrected chi connectivity index (χ2v) is 10.2. The van der Waals surface area contributed by atoms with Gasteiger partial charge in [0.2, 0.25) is 0 Å². The molecule has 1 aromatic carbocycles. The monoisotopic (exact) mass is 533 g/mol. The van der Waals surface area contributed by atoms with Crippen LogP contribution in [-0.2, 0) is 9.53 Å². The number of phenolic OH excluding ortho intramolecular Hbond substituents is 1. The number of benzene rings is 1. The molecule has 0 bridgehead atoms. The summed E-state index contributed by atoms with van der Waals surface area (Å²) < 4.78 is 11.3. The molecule has 1 saturated heterocycles. The fraction of sp³-hybridized carbons (Fsp3) is 0.452. The molecule has 1 saturated carbocycles. The summed E-state index contributed by atoms with van der Waals surface area (Å²) in [5.74, 6) is 1.35. The van der Waals surface area contributed by atoms with E-state index in [4.69, 9.17) is 9.15 Å². The van der Waals surface area contributed by atoms with E-state index in [1.54, 1.807) is 6.07 Å². The van der Waals surface area contributed by atoms with Crippen LogP contribution in [0, 0.1) is 5.92 Å². The van der Waals surface area contributed by atoms with Gasteiger partial charge in [-0.15, -0.1) is 0 Å². The van der Waals surface area contributed by atoms with Crippen molar-refractivity contribution in [2.75, 3.05) is 36.5 Å². The van der Waals surface area contributed by atoms with Gasteiger partial charge in [0.1, 0.15) is 5.82 Å². The van der Waals surface area contributed by atoms with Crippen molar-refractivity contribution in [3.8, 4) is 5.75 Å². The quantitative estimate of drug-likeness (QED) is 0.216. The summed E-state index contributed by atoms with van der Waals surface area (Å²) in [5, 5.41) is 14.0. The maximum absolute atomic E-state index is 12.9. The molecule has 4 rings (SSSR count). The number of ether oxygens (including phenoxy) is 1. The van der Waals surface area contributed by atoms with Gasteiger partial charge in [0, 0.05) is 43.0 Å². The highest BCUT2D eigenvalue weighted by Gasteiger charge is 2.20. The number of aromatic hydroxyl groups is 1. The zero-order chi connectivity index (χ0) is 27.9. The fourth-order valence-corrected chi connectivity index (χ4v) is 5.29. The van der Waals surface area contributed by atoms with E-state index in [0.717, 1.165) is 17.6 Å². The topological polar surface area (TPSA) is 104 Å². The van der Waals surface area contributed by atoms with Crippen molar-refractivity contribution in [2.24, 2.45) is 10.9 Å². The maximum atomic E-state index is 12.9. The Kier molecular flexibility index (Phi) is 9.41. The van der Waals surface area contributed by atoms with Gasteiger partial charge in [-0.1, -0.05) is 45.3 Å². The van der Waals surface area contributed by atoms with Crippen LogP contribution in [0.2, 0.25) is 0 Å². The second kappa shape index (κ2) is 12.9. The van der Waals surface area contributed by atoms with Gasteiger partial charge < -0.3 is 24.5 Å². The third-order valence-electron chi connectivity index (χ3n) is 7.43. The van der Waals surface area contributed by atoms with Crippen molar-refractivity contribution < 1.29 is 19.1 Å². The van der Waals surface area contributed by atoms with Crippen LogP contribution in [0.15, 0.2) is 68.1 Å². The number of ketones is 1. The first-order chi connectivity index (χ1) is 18.8. The van der Waals surface area contributed by atoms with E-state index in [0.29, 0.717) is 61.7 Å². The van der Waals surface area contributed by atoms with Crippen LogP contribution >= 0.6 is 0 Å². The zero-order valence-corrected chi connectivity index (χ0v) is 23.2. The number of nitrogens with zero attached hydrogens (tertiary/aromatic N) is 2. The molecular formula is C31H39N3O5. The largest absolute Gasteiger partial charge is 0.504 e. The molecule has 0 atom stereocenters. The van der Waals surface area contributed by atoms with Crippen LogP contribution in [-0.4, -0.2) is 42.9 Å². The number of morpholine rings is 1. The molecule has 208 valence electrons. The number of carbonyl (C=O) groups excluding carboxylic acids is 1. The van der Waals surface area contributed by atoms with E-state index in [1.165, 1.54) is 37.8 Å². The molecule has 0 spiro atoms. The average Bonchev–Trinajstić information content (AvgIpc) is 3.44. The Hall–Kier alpha value is -3.65. The van der Waals surface area contributed by atoms with Crippen molar-refractivity contribution in [3.63, 3.8) is 0 Å². The molecule has 8 heteroatoms. The first-order valence-electron chi connectivity index (χ1n) is 13.8. The predicted molar refractivity (Wildman–Crippen MR) is 157 cm³/mol. The molecule has 2 heterocycles. The SMILES string of the molecule is C=C(\N=C(C)/C(=C\C)/C=C(\CC1CCCC1)C(=O)CC)Nc1cc(O)c2oc(N3CCOCC3)cc(=O)c2c1. The number of anilines is 2. The average molecular weight is 534 g/mol. The van der Waals surface area contributed by atoms with Crippen molar-refractivity contribution in [3.05, 3.63) is 64.1 Å². The van der Waals surface area contributed by atoms with Crippen molar-refractivity contribution in [1.29, 1.82) is 0 Å². The third-order valence-corrected chi connectivity index (χ3v) is 7.43. The summed E-state index contributed by atoms with van der Waals surface area (Å²) in [6.45, 7) is 12.1. The number of rotatable bonds is 10. The number of nitrogens with one attached hydrogen (secondary N) is 1. The molecule has 2 aliphatic rings. The number of allylic oxidation sites excluding steroid dienone is 4. The first-order valence-corrected chi connectivity index (χ1v) is 13.8. The van der Waals surface area contributed by atoms with Crippen molar-refractivity contribution in [1.82, 2.24) is 0 Å². The van der Waals surface area contributed by atoms with Gasteiger partial charge in [0.05, 0.1) is 18.6 Å². The van der Waals surface area contributed by atoms with Crippen molar-refractivity contribution >= 4 is 34.0 Å². The number of aliphatic imine (C=N–C) groups is 1. The van der Waals surface area contributed by atoms with Gasteiger partial charge in [0.25, 0.3) is 0 Å². The molecule has 0 amide bonds. The number of phenols is 1. The molecule has 1 aliphatic heterocycles. The Morgan fingerprint density at radius 1 is 1.23 bits per heavy atom. The number of hydrogen-bond acceptors (Lipinski definition) is 8. The normalized spacial score (nSPS) is 17.6. The minimum Gasteiger partial charge on any atom is -0.504 e. The summed E-state index contributed by atoms with van der Waals surface area (Å²) in [6.07, 6.45) is 10.0. The molecule has 2 fully saturated rings. The highest BCUT2D eigenvalue weighted by molar-refractivity contribution is 6.04. The summed E-state index contributed by atoms with van der Waals surface area (Å²) >= 11 is 0. The van der Waals surface area contributed by atoms with E-state index in [1.807, 2.05) is 37.8 Å². The molecule has 0 radical (unpaired) electrons. The molecule has 39 heavy (non-hydrogen) atoms. The van der Waals surface area contributed by atoms with E-state index in [9.17, 15) is 14.7 Å². The summed E-state index contributed by atoms with van der Waals surface area (Å²) in [6, 6.07) is 4.55. The van der Waals surface area contributed by atoms with Crippen LogP contribution in [0.5, 0.6) is 5.75 Å². The van der Waals surface area contributed by atoms with Crippen molar-refractivity contribution in [2.45, 2.75) is 59.3 Å². The van der Waals surface area contributed by atoms with Gasteiger partial charge in [-0.05, 0) is 49.5 Å². The van der Waals surface area contributed by atoms with Crippen LogP contribution in [0.25, 0.3) is 11.0 Å². The highest BCUT2D eigenvalue weighted by atomic mass is 16.5. The Labute approximate surface area is 229 Å². The zero-order valence-electron chi connectivity index (χ0n) is 23.2. The predicted octanol–water partition coefficient (Wildman–Crippen LogP) is 6.11. The molecule has 0 unspecified atom stereocenters. The van der Waals surface area contributed by atoms with Gasteiger partial charge >= 0.3 is 0 Å². The highest BCUT2D eigenvalue weighted by Crippen LogP contribution is 2.32. The van der Waals surface area contributed by atoms with Crippen LogP contribution in [0.4, 0.5) is 11.6 Å². The lowest BCUT2D eigenvalue weighted by atomic mass is 9.92. The molecule has 8 nitrogen and oxygen atoms in total. The van der Waals surface area contributed by atoms with Crippen LogP contribution in [0.3, 0.4) is 0 Å². The van der Waals surface area contributed by atoms with E-state index in [-0.39, 0.29) is 27.9 Å². The molecule has 2 N–H and O–H groups in total. The van der Waals surface area contributed by atoms with Crippen LogP contribution < -0.4 is 15.6 Å². The Balaban J connectivity index is 1.53.